The van der Waals surface area contributed by atoms with Crippen molar-refractivity contribution in [2.75, 3.05) is 0 Å². The van der Waals surface area contributed by atoms with Crippen LogP contribution >= 0.6 is 0 Å². The first-order valence-electron chi connectivity index (χ1n) is 3.77. The van der Waals surface area contributed by atoms with E-state index >= 15 is 0 Å². The molecule has 0 aliphatic heterocycles. The van der Waals surface area contributed by atoms with Crippen LogP contribution in [-0.2, 0) is 9.53 Å². The molecule has 0 aromatic rings. The van der Waals surface area contributed by atoms with Crippen molar-refractivity contribution in [1.82, 2.24) is 0 Å². The fourth-order valence-corrected chi connectivity index (χ4v) is 1.07. The summed E-state index contributed by atoms with van der Waals surface area (Å²) in [6, 6.07) is 0. The van der Waals surface area contributed by atoms with Gasteiger partial charge in [-0.2, -0.15) is 0 Å². The van der Waals surface area contributed by atoms with Gasteiger partial charge in [0.2, 0.25) is 0 Å². The van der Waals surface area contributed by atoms with Crippen LogP contribution in [-0.4, -0.2) is 17.6 Å². The van der Waals surface area contributed by atoms with Gasteiger partial charge in [-0.1, -0.05) is 0 Å². The van der Waals surface area contributed by atoms with Crippen molar-refractivity contribution in [3.05, 3.63) is 0 Å². The van der Waals surface area contributed by atoms with Gasteiger partial charge in [0.1, 0.15) is 6.10 Å². The van der Waals surface area contributed by atoms with Crippen LogP contribution in [0.5, 0.6) is 0 Å². The Labute approximate surface area is 67.9 Å². The van der Waals surface area contributed by atoms with Crippen LogP contribution in [0.1, 0.15) is 34.1 Å². The van der Waals surface area contributed by atoms with Gasteiger partial charge in [0.25, 0.3) is 0 Å². The highest BCUT2D eigenvalue weighted by molar-refractivity contribution is 5.66. The molecule has 11 heavy (non-hydrogen) atoms. The van der Waals surface area contributed by atoms with E-state index in [1.54, 1.807) is 0 Å². The number of rotatable bonds is 3. The SMILES string of the molecule is CC(=O)OC(C)CC(C)(C)N. The van der Waals surface area contributed by atoms with Crippen molar-refractivity contribution < 1.29 is 9.53 Å². The monoisotopic (exact) mass is 159 g/mol. The molecular weight excluding hydrogens is 142 g/mol. The third-order valence-corrected chi connectivity index (χ3v) is 1.18. The standard InChI is InChI=1S/C8H17NO2/c1-6(11-7(2)10)5-8(3,4)9/h6H,5,9H2,1-4H3. The van der Waals surface area contributed by atoms with Crippen LogP contribution in [0, 0.1) is 0 Å². The zero-order valence-electron chi connectivity index (χ0n) is 7.68. The molecule has 0 fully saturated rings. The van der Waals surface area contributed by atoms with Gasteiger partial charge in [-0.3, -0.25) is 4.79 Å². The lowest BCUT2D eigenvalue weighted by molar-refractivity contribution is -0.146. The number of esters is 1. The first-order valence-corrected chi connectivity index (χ1v) is 3.77. The largest absolute Gasteiger partial charge is 0.463 e. The molecule has 0 heterocycles. The van der Waals surface area contributed by atoms with Crippen LogP contribution < -0.4 is 5.73 Å². The third kappa shape index (κ3) is 7.33. The molecule has 0 radical (unpaired) electrons. The average Bonchev–Trinajstić information content (AvgIpc) is 1.53. The third-order valence-electron chi connectivity index (χ3n) is 1.18. The van der Waals surface area contributed by atoms with Crippen LogP contribution in [0.25, 0.3) is 0 Å². The molecule has 1 unspecified atom stereocenters. The summed E-state index contributed by atoms with van der Waals surface area (Å²) in [6.45, 7) is 7.07. The van der Waals surface area contributed by atoms with E-state index in [1.807, 2.05) is 20.8 Å². The second-order valence-corrected chi connectivity index (χ2v) is 3.61. The summed E-state index contributed by atoms with van der Waals surface area (Å²) in [5.41, 5.74) is 5.45. The Morgan fingerprint density at radius 1 is 1.64 bits per heavy atom. The molecule has 0 saturated carbocycles. The van der Waals surface area contributed by atoms with E-state index in [1.165, 1.54) is 6.92 Å². The van der Waals surface area contributed by atoms with Crippen LogP contribution in [0.15, 0.2) is 0 Å². The normalized spacial score (nSPS) is 14.3. The lowest BCUT2D eigenvalue weighted by Gasteiger charge is -2.22. The molecule has 0 saturated heterocycles. The van der Waals surface area contributed by atoms with Crippen LogP contribution in [0.2, 0.25) is 0 Å². The van der Waals surface area contributed by atoms with Crippen molar-refractivity contribution in [1.29, 1.82) is 0 Å². The average molecular weight is 159 g/mol. The van der Waals surface area contributed by atoms with Gasteiger partial charge in [0, 0.05) is 18.9 Å². The summed E-state index contributed by atoms with van der Waals surface area (Å²) in [4.78, 5) is 10.5. The Balaban J connectivity index is 3.69. The first-order chi connectivity index (χ1) is 4.81. The second kappa shape index (κ2) is 3.72. The fraction of sp³-hybridized carbons (Fsp3) is 0.875. The predicted octanol–water partition coefficient (Wildman–Crippen LogP) is 1.07. The molecule has 0 amide bonds. The number of hydrogen-bond acceptors (Lipinski definition) is 3. The summed E-state index contributed by atoms with van der Waals surface area (Å²) in [5, 5.41) is 0. The summed E-state index contributed by atoms with van der Waals surface area (Å²) in [6.07, 6.45) is 0.597. The minimum atomic E-state index is -0.269. The molecule has 0 aliphatic carbocycles. The Morgan fingerprint density at radius 3 is 2.36 bits per heavy atom. The molecule has 0 aliphatic rings. The van der Waals surface area contributed by atoms with Gasteiger partial charge >= 0.3 is 5.97 Å². The topological polar surface area (TPSA) is 52.3 Å². The number of carbonyl (C=O) groups excluding carboxylic acids is 1. The second-order valence-electron chi connectivity index (χ2n) is 3.61. The maximum atomic E-state index is 10.5. The highest BCUT2D eigenvalue weighted by Crippen LogP contribution is 2.09. The minimum Gasteiger partial charge on any atom is -0.463 e. The van der Waals surface area contributed by atoms with Gasteiger partial charge in [-0.15, -0.1) is 0 Å². The van der Waals surface area contributed by atoms with Gasteiger partial charge in [-0.05, 0) is 20.8 Å². The maximum Gasteiger partial charge on any atom is 0.302 e. The van der Waals surface area contributed by atoms with Crippen LogP contribution in [0.4, 0.5) is 0 Å². The molecule has 2 N–H and O–H groups in total. The van der Waals surface area contributed by atoms with Gasteiger partial charge in [-0.25, -0.2) is 0 Å². The van der Waals surface area contributed by atoms with Crippen molar-refractivity contribution in [3.63, 3.8) is 0 Å². The molecular formula is C8H17NO2. The summed E-state index contributed by atoms with van der Waals surface area (Å²) in [7, 11) is 0. The quantitative estimate of drug-likeness (QED) is 0.626. The van der Waals surface area contributed by atoms with Gasteiger partial charge < -0.3 is 10.5 Å². The first kappa shape index (κ1) is 10.4. The number of ether oxygens (including phenoxy) is 1. The van der Waals surface area contributed by atoms with E-state index in [-0.39, 0.29) is 17.6 Å². The highest BCUT2D eigenvalue weighted by atomic mass is 16.5. The Bertz CT molecular complexity index is 138. The highest BCUT2D eigenvalue weighted by Gasteiger charge is 2.16. The number of carbonyl (C=O) groups is 1. The molecule has 3 heteroatoms. The maximum absolute atomic E-state index is 10.5. The molecule has 66 valence electrons. The smallest absolute Gasteiger partial charge is 0.302 e. The summed E-state index contributed by atoms with van der Waals surface area (Å²) >= 11 is 0. The minimum absolute atomic E-state index is 0.0903. The fourth-order valence-electron chi connectivity index (χ4n) is 1.07. The molecule has 0 bridgehead atoms. The summed E-state index contributed by atoms with van der Waals surface area (Å²) in [5.74, 6) is -0.248. The van der Waals surface area contributed by atoms with Gasteiger partial charge in [0.15, 0.2) is 0 Å². The van der Waals surface area contributed by atoms with Crippen molar-refractivity contribution in [2.45, 2.75) is 45.8 Å². The molecule has 3 nitrogen and oxygen atoms in total. The molecule has 0 aromatic carbocycles. The number of nitrogens with two attached hydrogens (primary N) is 1. The predicted molar refractivity (Wildman–Crippen MR) is 44.1 cm³/mol. The molecule has 1 atom stereocenters. The Hall–Kier alpha value is -0.570. The molecule has 0 rings (SSSR count). The lowest BCUT2D eigenvalue weighted by atomic mass is 9.99. The van der Waals surface area contributed by atoms with E-state index < -0.39 is 0 Å². The zero-order chi connectivity index (χ0) is 9.07. The van der Waals surface area contributed by atoms with Crippen LogP contribution in [0.3, 0.4) is 0 Å². The lowest BCUT2D eigenvalue weighted by Crippen LogP contribution is -2.36. The van der Waals surface area contributed by atoms with E-state index in [2.05, 4.69) is 0 Å². The Kier molecular flexibility index (Phi) is 3.52. The Morgan fingerprint density at radius 2 is 2.09 bits per heavy atom. The number of hydrogen-bond donors (Lipinski definition) is 1. The molecule has 0 aromatic heterocycles. The van der Waals surface area contributed by atoms with Gasteiger partial charge in [0.05, 0.1) is 0 Å². The van der Waals surface area contributed by atoms with E-state index in [0.717, 1.165) is 0 Å². The molecule has 0 spiro atoms. The van der Waals surface area contributed by atoms with Crippen molar-refractivity contribution in [2.24, 2.45) is 5.73 Å². The van der Waals surface area contributed by atoms with E-state index in [9.17, 15) is 4.79 Å². The summed E-state index contributed by atoms with van der Waals surface area (Å²) < 4.78 is 4.91. The van der Waals surface area contributed by atoms with E-state index in [4.69, 9.17) is 10.5 Å². The zero-order valence-corrected chi connectivity index (χ0v) is 7.68. The van der Waals surface area contributed by atoms with Crippen molar-refractivity contribution in [3.8, 4) is 0 Å². The van der Waals surface area contributed by atoms with Crippen molar-refractivity contribution >= 4 is 5.97 Å². The van der Waals surface area contributed by atoms with E-state index in [0.29, 0.717) is 6.42 Å².